The molecule has 1 heteroatoms. The van der Waals surface area contributed by atoms with Crippen LogP contribution in [0.15, 0.2) is 103 Å². The summed E-state index contributed by atoms with van der Waals surface area (Å²) in [5, 5.41) is 0. The first-order chi connectivity index (χ1) is 13.2. The number of benzene rings is 4. The van der Waals surface area contributed by atoms with Gasteiger partial charge >= 0.3 is 0 Å². The summed E-state index contributed by atoms with van der Waals surface area (Å²) in [6, 6.07) is 36.4. The van der Waals surface area contributed by atoms with E-state index < -0.39 is 0 Å². The van der Waals surface area contributed by atoms with Crippen molar-refractivity contribution in [2.45, 2.75) is 13.8 Å². The first-order valence-corrected chi connectivity index (χ1v) is 9.31. The van der Waals surface area contributed by atoms with Crippen molar-refractivity contribution in [2.24, 2.45) is 0 Å². The second-order valence-electron chi connectivity index (χ2n) is 6.81. The van der Waals surface area contributed by atoms with Crippen molar-refractivity contribution in [3.8, 4) is 11.1 Å². The van der Waals surface area contributed by atoms with Crippen molar-refractivity contribution in [2.75, 3.05) is 4.90 Å². The van der Waals surface area contributed by atoms with Crippen LogP contribution in [0.2, 0.25) is 0 Å². The van der Waals surface area contributed by atoms with E-state index in [-0.39, 0.29) is 0 Å². The van der Waals surface area contributed by atoms with Gasteiger partial charge < -0.3 is 4.90 Å². The molecule has 0 fully saturated rings. The number of hydrogen-bond donors (Lipinski definition) is 0. The van der Waals surface area contributed by atoms with Crippen LogP contribution in [-0.4, -0.2) is 0 Å². The molecule has 0 spiro atoms. The van der Waals surface area contributed by atoms with E-state index in [0.29, 0.717) is 0 Å². The Morgan fingerprint density at radius 3 is 1.85 bits per heavy atom. The van der Waals surface area contributed by atoms with E-state index in [0.717, 1.165) is 11.4 Å². The highest BCUT2D eigenvalue weighted by Gasteiger charge is 2.15. The van der Waals surface area contributed by atoms with E-state index >= 15 is 0 Å². The Labute approximate surface area is 161 Å². The fraction of sp³-hybridized carbons (Fsp3) is 0.0769. The van der Waals surface area contributed by atoms with E-state index in [1.807, 2.05) is 0 Å². The van der Waals surface area contributed by atoms with Gasteiger partial charge in [-0.25, -0.2) is 0 Å². The maximum atomic E-state index is 2.34. The highest BCUT2D eigenvalue weighted by atomic mass is 15.1. The first kappa shape index (κ1) is 17.1. The van der Waals surface area contributed by atoms with Crippen LogP contribution >= 0.6 is 0 Å². The largest absolute Gasteiger partial charge is 0.310 e. The highest BCUT2D eigenvalue weighted by Crippen LogP contribution is 2.38. The van der Waals surface area contributed by atoms with Crippen LogP contribution in [0.3, 0.4) is 0 Å². The normalized spacial score (nSPS) is 10.6. The van der Waals surface area contributed by atoms with Crippen molar-refractivity contribution < 1.29 is 0 Å². The molecule has 0 aliphatic rings. The van der Waals surface area contributed by atoms with Crippen molar-refractivity contribution in [1.29, 1.82) is 0 Å². The summed E-state index contributed by atoms with van der Waals surface area (Å²) in [6.07, 6.45) is 0. The number of aryl methyl sites for hydroxylation is 1. The quantitative estimate of drug-likeness (QED) is 0.370. The van der Waals surface area contributed by atoms with Gasteiger partial charge in [-0.2, -0.15) is 0 Å². The van der Waals surface area contributed by atoms with Crippen molar-refractivity contribution in [3.63, 3.8) is 0 Å². The third kappa shape index (κ3) is 3.50. The molecule has 0 unspecified atom stereocenters. The van der Waals surface area contributed by atoms with Crippen molar-refractivity contribution in [3.05, 3.63) is 114 Å². The average molecular weight is 349 g/mol. The van der Waals surface area contributed by atoms with Crippen molar-refractivity contribution >= 4 is 17.1 Å². The SMILES string of the molecule is Cc1cccc(N(c2ccccc2)c2cccc(-c3ccccc3)c2)c1C. The van der Waals surface area contributed by atoms with Gasteiger partial charge in [0.15, 0.2) is 0 Å². The molecule has 0 saturated heterocycles. The minimum atomic E-state index is 1.16. The van der Waals surface area contributed by atoms with Crippen LogP contribution in [0.25, 0.3) is 11.1 Å². The van der Waals surface area contributed by atoms with Gasteiger partial charge in [0.2, 0.25) is 0 Å². The number of nitrogens with zero attached hydrogens (tertiary/aromatic N) is 1. The molecule has 4 aromatic carbocycles. The number of para-hydroxylation sites is 1. The first-order valence-electron chi connectivity index (χ1n) is 9.31. The van der Waals surface area contributed by atoms with Crippen LogP contribution in [0.1, 0.15) is 11.1 Å². The lowest BCUT2D eigenvalue weighted by atomic mass is 10.0. The number of hydrogen-bond acceptors (Lipinski definition) is 1. The summed E-state index contributed by atoms with van der Waals surface area (Å²) in [5.74, 6) is 0. The summed E-state index contributed by atoms with van der Waals surface area (Å²) in [7, 11) is 0. The average Bonchev–Trinajstić information content (AvgIpc) is 2.73. The summed E-state index contributed by atoms with van der Waals surface area (Å²) in [4.78, 5) is 2.34. The zero-order valence-electron chi connectivity index (χ0n) is 15.8. The molecule has 0 aliphatic heterocycles. The van der Waals surface area contributed by atoms with Crippen LogP contribution in [-0.2, 0) is 0 Å². The van der Waals surface area contributed by atoms with Gasteiger partial charge in [0.05, 0.1) is 0 Å². The molecule has 0 amide bonds. The topological polar surface area (TPSA) is 3.24 Å². The molecule has 0 aromatic heterocycles. The molecule has 0 aliphatic carbocycles. The summed E-state index contributed by atoms with van der Waals surface area (Å²) in [5.41, 5.74) is 8.59. The minimum absolute atomic E-state index is 1.16. The summed E-state index contributed by atoms with van der Waals surface area (Å²) in [6.45, 7) is 4.37. The van der Waals surface area contributed by atoms with E-state index in [2.05, 4.69) is 122 Å². The van der Waals surface area contributed by atoms with E-state index in [1.54, 1.807) is 0 Å². The van der Waals surface area contributed by atoms with Gasteiger partial charge in [0.25, 0.3) is 0 Å². The molecule has 0 N–H and O–H groups in total. The number of rotatable bonds is 4. The Kier molecular flexibility index (Phi) is 4.76. The predicted molar refractivity (Wildman–Crippen MR) is 116 cm³/mol. The van der Waals surface area contributed by atoms with Crippen LogP contribution < -0.4 is 4.90 Å². The summed E-state index contributed by atoms with van der Waals surface area (Å²) < 4.78 is 0. The maximum absolute atomic E-state index is 2.34. The smallest absolute Gasteiger partial charge is 0.0493 e. The van der Waals surface area contributed by atoms with Gasteiger partial charge in [0, 0.05) is 17.1 Å². The maximum Gasteiger partial charge on any atom is 0.0493 e. The molecule has 0 saturated carbocycles. The second-order valence-corrected chi connectivity index (χ2v) is 6.81. The van der Waals surface area contributed by atoms with Crippen LogP contribution in [0, 0.1) is 13.8 Å². The summed E-state index contributed by atoms with van der Waals surface area (Å²) >= 11 is 0. The van der Waals surface area contributed by atoms with Crippen LogP contribution in [0.4, 0.5) is 17.1 Å². The molecule has 4 aromatic rings. The molecule has 0 bridgehead atoms. The monoisotopic (exact) mass is 349 g/mol. The Balaban J connectivity index is 1.89. The third-order valence-corrected chi connectivity index (χ3v) is 5.04. The Morgan fingerprint density at radius 2 is 1.11 bits per heavy atom. The van der Waals surface area contributed by atoms with Gasteiger partial charge in [0.1, 0.15) is 0 Å². The van der Waals surface area contributed by atoms with Crippen molar-refractivity contribution in [1.82, 2.24) is 0 Å². The van der Waals surface area contributed by atoms with Crippen LogP contribution in [0.5, 0.6) is 0 Å². The lowest BCUT2D eigenvalue weighted by Gasteiger charge is -2.28. The molecular weight excluding hydrogens is 326 g/mol. The fourth-order valence-corrected chi connectivity index (χ4v) is 3.44. The molecule has 0 atom stereocenters. The highest BCUT2D eigenvalue weighted by molar-refractivity contribution is 5.81. The molecule has 27 heavy (non-hydrogen) atoms. The molecule has 0 heterocycles. The zero-order valence-corrected chi connectivity index (χ0v) is 15.8. The molecule has 132 valence electrons. The second kappa shape index (κ2) is 7.51. The number of anilines is 3. The predicted octanol–water partition coefficient (Wildman–Crippen LogP) is 7.44. The Bertz CT molecular complexity index is 1040. The Hall–Kier alpha value is -3.32. The van der Waals surface area contributed by atoms with Gasteiger partial charge in [-0.05, 0) is 66.4 Å². The molecular formula is C26H23N. The molecule has 4 rings (SSSR count). The third-order valence-electron chi connectivity index (χ3n) is 5.04. The Morgan fingerprint density at radius 1 is 0.519 bits per heavy atom. The van der Waals surface area contributed by atoms with E-state index in [1.165, 1.54) is 27.9 Å². The zero-order chi connectivity index (χ0) is 18.6. The van der Waals surface area contributed by atoms with E-state index in [4.69, 9.17) is 0 Å². The van der Waals surface area contributed by atoms with Gasteiger partial charge in [-0.3, -0.25) is 0 Å². The standard InChI is InChI=1S/C26H23N/c1-20-11-9-18-26(21(20)2)27(24-15-7-4-8-16-24)25-17-10-14-23(19-25)22-12-5-3-6-13-22/h3-19H,1-2H3. The molecule has 0 radical (unpaired) electrons. The molecule has 1 nitrogen and oxygen atoms in total. The lowest BCUT2D eigenvalue weighted by molar-refractivity contribution is 1.22. The minimum Gasteiger partial charge on any atom is -0.310 e. The van der Waals surface area contributed by atoms with E-state index in [9.17, 15) is 0 Å². The fourth-order valence-electron chi connectivity index (χ4n) is 3.44. The van der Waals surface area contributed by atoms with Gasteiger partial charge in [-0.1, -0.05) is 72.8 Å². The lowest BCUT2D eigenvalue weighted by Crippen LogP contribution is -2.11. The van der Waals surface area contributed by atoms with Gasteiger partial charge in [-0.15, -0.1) is 0 Å².